The molecule has 15 heavy (non-hydrogen) atoms. The Morgan fingerprint density at radius 2 is 2.33 bits per heavy atom. The van der Waals surface area contributed by atoms with E-state index in [9.17, 15) is 5.11 Å². The lowest BCUT2D eigenvalue weighted by atomic mass is 10.1. The predicted molar refractivity (Wildman–Crippen MR) is 62.5 cm³/mol. The van der Waals surface area contributed by atoms with Crippen molar-refractivity contribution in [1.82, 2.24) is 9.97 Å². The van der Waals surface area contributed by atoms with Crippen molar-refractivity contribution < 1.29 is 5.11 Å². The van der Waals surface area contributed by atoms with Gasteiger partial charge in [0.2, 0.25) is 0 Å². The summed E-state index contributed by atoms with van der Waals surface area (Å²) in [5.74, 6) is 0.858. The number of nitrogens with one attached hydrogen (secondary N) is 1. The Kier molecular flexibility index (Phi) is 2.77. The topological polar surface area (TPSA) is 74.9 Å². The van der Waals surface area contributed by atoms with Gasteiger partial charge in [-0.05, 0) is 24.6 Å². The third-order valence-electron chi connectivity index (χ3n) is 2.30. The molecule has 1 aromatic carbocycles. The minimum absolute atomic E-state index is 0.206. The van der Waals surface area contributed by atoms with Gasteiger partial charge >= 0.3 is 0 Å². The fourth-order valence-corrected chi connectivity index (χ4v) is 2.15. The largest absolute Gasteiger partial charge is 0.387 e. The van der Waals surface area contributed by atoms with Gasteiger partial charge in [0, 0.05) is 11.0 Å². The zero-order valence-electron chi connectivity index (χ0n) is 8.29. The van der Waals surface area contributed by atoms with Crippen LogP contribution in [-0.4, -0.2) is 21.6 Å². The molecule has 4 nitrogen and oxygen atoms in total. The molecule has 0 aliphatic rings. The van der Waals surface area contributed by atoms with Crippen molar-refractivity contribution in [3.05, 3.63) is 28.0 Å². The number of aryl methyl sites for hydroxylation is 1. The summed E-state index contributed by atoms with van der Waals surface area (Å²) in [5, 5.41) is 9.69. The van der Waals surface area contributed by atoms with Crippen molar-refractivity contribution in [3.63, 3.8) is 0 Å². The van der Waals surface area contributed by atoms with Crippen LogP contribution >= 0.6 is 15.9 Å². The summed E-state index contributed by atoms with van der Waals surface area (Å²) in [6, 6.07) is 3.75. The molecule has 0 aliphatic carbocycles. The number of aromatic amines is 1. The average Bonchev–Trinajstić information content (AvgIpc) is 2.55. The first-order valence-corrected chi connectivity index (χ1v) is 5.45. The maximum Gasteiger partial charge on any atom is 0.104 e. The quantitative estimate of drug-likeness (QED) is 0.776. The Morgan fingerprint density at radius 1 is 1.60 bits per heavy atom. The van der Waals surface area contributed by atoms with E-state index in [1.165, 1.54) is 0 Å². The van der Waals surface area contributed by atoms with Gasteiger partial charge in [0.25, 0.3) is 0 Å². The van der Waals surface area contributed by atoms with Crippen molar-refractivity contribution in [2.75, 3.05) is 6.54 Å². The zero-order valence-corrected chi connectivity index (χ0v) is 9.87. The number of hydrogen-bond acceptors (Lipinski definition) is 3. The lowest BCUT2D eigenvalue weighted by Gasteiger charge is -2.09. The van der Waals surface area contributed by atoms with Crippen LogP contribution in [0.2, 0.25) is 0 Å². The van der Waals surface area contributed by atoms with Gasteiger partial charge < -0.3 is 15.8 Å². The van der Waals surface area contributed by atoms with Gasteiger partial charge in [0.1, 0.15) is 5.82 Å². The molecule has 1 aromatic heterocycles. The number of rotatable bonds is 2. The van der Waals surface area contributed by atoms with Crippen LogP contribution in [0.4, 0.5) is 0 Å². The molecule has 1 atom stereocenters. The molecule has 4 N–H and O–H groups in total. The van der Waals surface area contributed by atoms with E-state index in [4.69, 9.17) is 5.73 Å². The van der Waals surface area contributed by atoms with E-state index in [-0.39, 0.29) is 6.54 Å². The van der Waals surface area contributed by atoms with E-state index in [1.807, 2.05) is 19.1 Å². The highest BCUT2D eigenvalue weighted by atomic mass is 79.9. The first-order chi connectivity index (χ1) is 7.11. The summed E-state index contributed by atoms with van der Waals surface area (Å²) in [4.78, 5) is 7.42. The minimum atomic E-state index is -0.646. The molecule has 2 aromatic rings. The standard InChI is InChI=1S/C10H12BrN3O/c1-5-13-8-2-6(10(15)4-12)7(11)3-9(8)14-5/h2-3,10,15H,4,12H2,1H3,(H,13,14). The molecule has 0 bridgehead atoms. The molecular weight excluding hydrogens is 258 g/mol. The fourth-order valence-electron chi connectivity index (χ4n) is 1.56. The smallest absolute Gasteiger partial charge is 0.104 e. The molecule has 0 amide bonds. The minimum Gasteiger partial charge on any atom is -0.387 e. The summed E-state index contributed by atoms with van der Waals surface area (Å²) in [7, 11) is 0. The Bertz CT molecular complexity index is 495. The van der Waals surface area contributed by atoms with Crippen molar-refractivity contribution in [1.29, 1.82) is 0 Å². The number of aromatic nitrogens is 2. The molecule has 0 aliphatic heterocycles. The van der Waals surface area contributed by atoms with Gasteiger partial charge in [0.15, 0.2) is 0 Å². The molecule has 0 saturated carbocycles. The van der Waals surface area contributed by atoms with Crippen molar-refractivity contribution in [2.24, 2.45) is 5.73 Å². The highest BCUT2D eigenvalue weighted by molar-refractivity contribution is 9.10. The maximum absolute atomic E-state index is 9.69. The van der Waals surface area contributed by atoms with E-state index in [0.29, 0.717) is 0 Å². The molecule has 1 heterocycles. The van der Waals surface area contributed by atoms with Gasteiger partial charge in [-0.15, -0.1) is 0 Å². The summed E-state index contributed by atoms with van der Waals surface area (Å²) in [6.45, 7) is 2.10. The Balaban J connectivity index is 2.60. The van der Waals surface area contributed by atoms with Crippen LogP contribution in [0.1, 0.15) is 17.5 Å². The van der Waals surface area contributed by atoms with Crippen molar-refractivity contribution in [3.8, 4) is 0 Å². The zero-order chi connectivity index (χ0) is 11.0. The summed E-state index contributed by atoms with van der Waals surface area (Å²) >= 11 is 3.40. The van der Waals surface area contributed by atoms with Crippen molar-refractivity contribution in [2.45, 2.75) is 13.0 Å². The van der Waals surface area contributed by atoms with Crippen LogP contribution in [0, 0.1) is 6.92 Å². The number of benzene rings is 1. The second-order valence-corrected chi connectivity index (χ2v) is 4.32. The second kappa shape index (κ2) is 3.92. The summed E-state index contributed by atoms with van der Waals surface area (Å²) in [5.41, 5.74) is 8.01. The van der Waals surface area contributed by atoms with E-state index < -0.39 is 6.10 Å². The first-order valence-electron chi connectivity index (χ1n) is 4.65. The highest BCUT2D eigenvalue weighted by Crippen LogP contribution is 2.27. The number of imidazole rings is 1. The molecule has 0 fully saturated rings. The molecule has 80 valence electrons. The maximum atomic E-state index is 9.69. The highest BCUT2D eigenvalue weighted by Gasteiger charge is 2.12. The van der Waals surface area contributed by atoms with Crippen LogP contribution in [0.15, 0.2) is 16.6 Å². The van der Waals surface area contributed by atoms with Crippen LogP contribution in [0.25, 0.3) is 11.0 Å². The average molecular weight is 270 g/mol. The van der Waals surface area contributed by atoms with Gasteiger partial charge in [0.05, 0.1) is 17.1 Å². The van der Waals surface area contributed by atoms with E-state index >= 15 is 0 Å². The van der Waals surface area contributed by atoms with E-state index in [2.05, 4.69) is 25.9 Å². The number of nitrogens with zero attached hydrogens (tertiary/aromatic N) is 1. The number of aliphatic hydroxyl groups excluding tert-OH is 1. The molecule has 5 heteroatoms. The van der Waals surface area contributed by atoms with Crippen LogP contribution in [0.3, 0.4) is 0 Å². The molecule has 1 unspecified atom stereocenters. The van der Waals surface area contributed by atoms with E-state index in [0.717, 1.165) is 26.9 Å². The lowest BCUT2D eigenvalue weighted by Crippen LogP contribution is -2.11. The normalized spacial score (nSPS) is 13.3. The Hall–Kier alpha value is -0.910. The third kappa shape index (κ3) is 1.90. The number of H-pyrrole nitrogens is 1. The van der Waals surface area contributed by atoms with Crippen LogP contribution < -0.4 is 5.73 Å². The molecule has 2 rings (SSSR count). The summed E-state index contributed by atoms with van der Waals surface area (Å²) in [6.07, 6.45) is -0.646. The monoisotopic (exact) mass is 269 g/mol. The Labute approximate surface area is 95.6 Å². The van der Waals surface area contributed by atoms with Crippen LogP contribution in [0.5, 0.6) is 0 Å². The molecule has 0 saturated heterocycles. The van der Waals surface area contributed by atoms with E-state index in [1.54, 1.807) is 0 Å². The van der Waals surface area contributed by atoms with Gasteiger partial charge in [-0.3, -0.25) is 0 Å². The molecule has 0 spiro atoms. The van der Waals surface area contributed by atoms with Gasteiger partial charge in [-0.25, -0.2) is 4.98 Å². The lowest BCUT2D eigenvalue weighted by molar-refractivity contribution is 0.186. The number of aliphatic hydroxyl groups is 1. The first kappa shape index (κ1) is 10.6. The number of hydrogen-bond donors (Lipinski definition) is 3. The van der Waals surface area contributed by atoms with Gasteiger partial charge in [-0.2, -0.15) is 0 Å². The SMILES string of the molecule is Cc1nc2cc(Br)c(C(O)CN)cc2[nH]1. The van der Waals surface area contributed by atoms with Crippen molar-refractivity contribution >= 4 is 27.0 Å². The number of nitrogens with two attached hydrogens (primary N) is 1. The fraction of sp³-hybridized carbons (Fsp3) is 0.300. The number of fused-ring (bicyclic) bond motifs is 1. The Morgan fingerprint density at radius 3 is 3.00 bits per heavy atom. The predicted octanol–water partition coefficient (Wildman–Crippen LogP) is 1.63. The number of halogens is 1. The third-order valence-corrected chi connectivity index (χ3v) is 2.99. The molecule has 0 radical (unpaired) electrons. The molecular formula is C10H12BrN3O. The second-order valence-electron chi connectivity index (χ2n) is 3.46. The summed E-state index contributed by atoms with van der Waals surface area (Å²) < 4.78 is 0.833. The van der Waals surface area contributed by atoms with Crippen LogP contribution in [-0.2, 0) is 0 Å². The van der Waals surface area contributed by atoms with Gasteiger partial charge in [-0.1, -0.05) is 15.9 Å².